The largest absolute Gasteiger partial charge is 0.356 e. The van der Waals surface area contributed by atoms with Gasteiger partial charge in [-0.1, -0.05) is 6.92 Å². The van der Waals surface area contributed by atoms with Crippen molar-refractivity contribution in [2.24, 2.45) is 16.8 Å². The summed E-state index contributed by atoms with van der Waals surface area (Å²) in [7, 11) is -1.28. The molecule has 2 aliphatic rings. The van der Waals surface area contributed by atoms with Crippen LogP contribution in [0.2, 0.25) is 0 Å². The quantitative estimate of drug-likeness (QED) is 0.540. The third-order valence-corrected chi connectivity index (χ3v) is 6.46. The number of rotatable bonds is 5. The second-order valence-corrected chi connectivity index (χ2v) is 9.49. The smallest absolute Gasteiger partial charge is 0.211 e. The average Bonchev–Trinajstić information content (AvgIpc) is 3.10. The highest BCUT2D eigenvalue weighted by molar-refractivity contribution is 7.88. The first-order valence-corrected chi connectivity index (χ1v) is 10.7. The summed E-state index contributed by atoms with van der Waals surface area (Å²) < 4.78 is 24.7. The van der Waals surface area contributed by atoms with Gasteiger partial charge in [0.25, 0.3) is 0 Å². The van der Waals surface area contributed by atoms with Crippen molar-refractivity contribution in [1.82, 2.24) is 19.8 Å². The third kappa shape index (κ3) is 5.07. The molecule has 2 aliphatic heterocycles. The molecule has 140 valence electrons. The van der Waals surface area contributed by atoms with Crippen molar-refractivity contribution < 1.29 is 8.42 Å². The van der Waals surface area contributed by atoms with Crippen molar-refractivity contribution in [1.29, 1.82) is 0 Å². The minimum atomic E-state index is -3.07. The van der Waals surface area contributed by atoms with E-state index in [0.29, 0.717) is 37.0 Å². The van der Waals surface area contributed by atoms with Crippen molar-refractivity contribution in [3.05, 3.63) is 0 Å². The molecule has 24 heavy (non-hydrogen) atoms. The molecule has 7 nitrogen and oxygen atoms in total. The lowest BCUT2D eigenvalue weighted by molar-refractivity contribution is 0.265. The van der Waals surface area contributed by atoms with E-state index < -0.39 is 10.0 Å². The summed E-state index contributed by atoms with van der Waals surface area (Å²) in [4.78, 5) is 6.81. The monoisotopic (exact) mass is 359 g/mol. The summed E-state index contributed by atoms with van der Waals surface area (Å²) in [6.45, 7) is 10.9. The van der Waals surface area contributed by atoms with Gasteiger partial charge in [0.15, 0.2) is 5.96 Å². The van der Waals surface area contributed by atoms with E-state index in [9.17, 15) is 8.42 Å². The van der Waals surface area contributed by atoms with Crippen LogP contribution in [0.3, 0.4) is 0 Å². The van der Waals surface area contributed by atoms with Crippen molar-refractivity contribution in [2.75, 3.05) is 46.0 Å². The molecule has 0 spiro atoms. The van der Waals surface area contributed by atoms with Gasteiger partial charge in [-0.3, -0.25) is 9.89 Å². The summed E-state index contributed by atoms with van der Waals surface area (Å²) in [5.74, 6) is 1.74. The zero-order valence-corrected chi connectivity index (χ0v) is 16.4. The van der Waals surface area contributed by atoms with Crippen LogP contribution < -0.4 is 10.6 Å². The third-order valence-electron chi connectivity index (χ3n) is 5.19. The number of guanidine groups is 1. The molecule has 0 aliphatic carbocycles. The van der Waals surface area contributed by atoms with Crippen LogP contribution in [0, 0.1) is 11.8 Å². The number of likely N-dealkylation sites (tertiary alicyclic amines) is 1. The maximum atomic E-state index is 11.6. The molecule has 0 aromatic rings. The van der Waals surface area contributed by atoms with E-state index >= 15 is 0 Å². The molecular weight excluding hydrogens is 326 g/mol. The molecule has 8 heteroatoms. The van der Waals surface area contributed by atoms with Gasteiger partial charge in [0.1, 0.15) is 0 Å². The van der Waals surface area contributed by atoms with Crippen LogP contribution in [0.4, 0.5) is 0 Å². The minimum Gasteiger partial charge on any atom is -0.356 e. The lowest BCUT2D eigenvalue weighted by atomic mass is 10.1. The Bertz CT molecular complexity index is 549. The highest BCUT2D eigenvalue weighted by Gasteiger charge is 2.32. The highest BCUT2D eigenvalue weighted by Crippen LogP contribution is 2.19. The van der Waals surface area contributed by atoms with E-state index in [0.717, 1.165) is 32.0 Å². The summed E-state index contributed by atoms with van der Waals surface area (Å²) in [6.07, 6.45) is 2.18. The van der Waals surface area contributed by atoms with Gasteiger partial charge in [-0.2, -0.15) is 0 Å². The standard InChI is InChI=1S/C16H33N5O2S/c1-12(2)20-9-13(3)15(11-20)19-16(17-4)18-8-14-6-7-21(10-14)24(5,22)23/h12-15H,6-11H2,1-5H3,(H2,17,18,19). The second kappa shape index (κ2) is 8.01. The molecule has 0 aromatic heterocycles. The second-order valence-electron chi connectivity index (χ2n) is 7.50. The van der Waals surface area contributed by atoms with Crippen molar-refractivity contribution >= 4 is 16.0 Å². The fourth-order valence-electron chi connectivity index (χ4n) is 3.49. The zero-order valence-electron chi connectivity index (χ0n) is 15.6. The maximum Gasteiger partial charge on any atom is 0.211 e. The van der Waals surface area contributed by atoms with Crippen molar-refractivity contribution in [2.45, 2.75) is 39.3 Å². The molecule has 2 N–H and O–H groups in total. The summed E-state index contributed by atoms with van der Waals surface area (Å²) in [5, 5.41) is 6.90. The van der Waals surface area contributed by atoms with E-state index in [2.05, 4.69) is 41.3 Å². The first-order chi connectivity index (χ1) is 11.2. The molecular formula is C16H33N5O2S. The Morgan fingerprint density at radius 3 is 2.50 bits per heavy atom. The number of nitrogens with zero attached hydrogens (tertiary/aromatic N) is 3. The van der Waals surface area contributed by atoms with Crippen LogP contribution in [0.5, 0.6) is 0 Å². The number of nitrogens with one attached hydrogen (secondary N) is 2. The minimum absolute atomic E-state index is 0.339. The summed E-state index contributed by atoms with van der Waals surface area (Å²) in [6, 6.07) is 0.962. The number of aliphatic imine (C=N–C) groups is 1. The zero-order chi connectivity index (χ0) is 17.9. The Hall–Kier alpha value is -0.860. The van der Waals surface area contributed by atoms with Gasteiger partial charge in [-0.25, -0.2) is 12.7 Å². The average molecular weight is 360 g/mol. The van der Waals surface area contributed by atoms with Crippen LogP contribution in [-0.2, 0) is 10.0 Å². The van der Waals surface area contributed by atoms with E-state index in [1.165, 1.54) is 6.26 Å². The maximum absolute atomic E-state index is 11.6. The Balaban J connectivity index is 1.80. The number of sulfonamides is 1. The molecule has 3 atom stereocenters. The van der Waals surface area contributed by atoms with Gasteiger partial charge in [0.2, 0.25) is 10.0 Å². The first-order valence-electron chi connectivity index (χ1n) is 8.87. The first kappa shape index (κ1) is 19.5. The van der Waals surface area contributed by atoms with Gasteiger partial charge in [0.05, 0.1) is 6.26 Å². The Morgan fingerprint density at radius 2 is 2.00 bits per heavy atom. The van der Waals surface area contributed by atoms with Crippen LogP contribution in [0.25, 0.3) is 0 Å². The SMILES string of the molecule is CN=C(NCC1CCN(S(C)(=O)=O)C1)NC1CN(C(C)C)CC1C. The highest BCUT2D eigenvalue weighted by atomic mass is 32.2. The van der Waals surface area contributed by atoms with E-state index in [1.54, 1.807) is 11.4 Å². The number of hydrogen-bond acceptors (Lipinski definition) is 4. The van der Waals surface area contributed by atoms with Crippen LogP contribution in [-0.4, -0.2) is 81.7 Å². The van der Waals surface area contributed by atoms with E-state index in [4.69, 9.17) is 0 Å². The van der Waals surface area contributed by atoms with E-state index in [1.807, 2.05) is 0 Å². The molecule has 0 radical (unpaired) electrons. The Kier molecular flexibility index (Phi) is 6.50. The molecule has 2 rings (SSSR count). The lowest BCUT2D eigenvalue weighted by Gasteiger charge is -2.22. The van der Waals surface area contributed by atoms with Gasteiger partial charge in [-0.05, 0) is 32.1 Å². The van der Waals surface area contributed by atoms with Crippen molar-refractivity contribution in [3.63, 3.8) is 0 Å². The fourth-order valence-corrected chi connectivity index (χ4v) is 4.41. The van der Waals surface area contributed by atoms with Crippen LogP contribution >= 0.6 is 0 Å². The molecule has 0 aromatic carbocycles. The lowest BCUT2D eigenvalue weighted by Crippen LogP contribution is -2.48. The van der Waals surface area contributed by atoms with Crippen molar-refractivity contribution in [3.8, 4) is 0 Å². The predicted octanol–water partition coefficient (Wildman–Crippen LogP) is 0.162. The van der Waals surface area contributed by atoms with Gasteiger partial charge in [-0.15, -0.1) is 0 Å². The topological polar surface area (TPSA) is 77.0 Å². The molecule has 2 saturated heterocycles. The van der Waals surface area contributed by atoms with Gasteiger partial charge < -0.3 is 10.6 Å². The van der Waals surface area contributed by atoms with E-state index in [-0.39, 0.29) is 0 Å². The van der Waals surface area contributed by atoms with Gasteiger partial charge >= 0.3 is 0 Å². The molecule has 0 saturated carbocycles. The summed E-state index contributed by atoms with van der Waals surface area (Å²) in [5.41, 5.74) is 0. The van der Waals surface area contributed by atoms with Crippen LogP contribution in [0.1, 0.15) is 27.2 Å². The summed E-state index contributed by atoms with van der Waals surface area (Å²) >= 11 is 0. The van der Waals surface area contributed by atoms with Gasteiger partial charge in [0, 0.05) is 51.9 Å². The molecule has 0 amide bonds. The molecule has 2 fully saturated rings. The fraction of sp³-hybridized carbons (Fsp3) is 0.938. The molecule has 3 unspecified atom stereocenters. The number of hydrogen-bond donors (Lipinski definition) is 2. The molecule has 0 bridgehead atoms. The normalized spacial score (nSPS) is 30.2. The van der Waals surface area contributed by atoms with Crippen LogP contribution in [0.15, 0.2) is 4.99 Å². The Labute approximate surface area is 146 Å². The predicted molar refractivity (Wildman–Crippen MR) is 98.7 cm³/mol. The molecule has 2 heterocycles. The Morgan fingerprint density at radius 1 is 1.29 bits per heavy atom.